The third kappa shape index (κ3) is 4.83. The molecule has 6 heteroatoms. The van der Waals surface area contributed by atoms with Crippen LogP contribution in [0.25, 0.3) is 0 Å². The third-order valence-electron chi connectivity index (χ3n) is 5.09. The van der Waals surface area contributed by atoms with E-state index in [2.05, 4.69) is 23.2 Å². The minimum atomic E-state index is -0.338. The Hall–Kier alpha value is -2.01. The number of likely N-dealkylation sites (tertiary alicyclic amines) is 1. The average molecular weight is 391 g/mol. The van der Waals surface area contributed by atoms with E-state index in [1.165, 1.54) is 12.5 Å². The summed E-state index contributed by atoms with van der Waals surface area (Å²) in [5.41, 5.74) is 1.05. The summed E-state index contributed by atoms with van der Waals surface area (Å²) in [5, 5.41) is 12.1. The maximum absolute atomic E-state index is 14.8. The highest BCUT2D eigenvalue weighted by molar-refractivity contribution is 6.31. The molecule has 2 N–H and O–H groups in total. The fraction of sp³-hybridized carbons (Fsp3) is 0.476. The van der Waals surface area contributed by atoms with Crippen LogP contribution in [-0.2, 0) is 6.54 Å². The van der Waals surface area contributed by atoms with Crippen LogP contribution in [0.1, 0.15) is 43.7 Å². The van der Waals surface area contributed by atoms with Crippen molar-refractivity contribution in [2.24, 2.45) is 0 Å². The normalized spacial score (nSPS) is 19.1. The predicted octanol–water partition coefficient (Wildman–Crippen LogP) is 4.50. The fourth-order valence-corrected chi connectivity index (χ4v) is 3.82. The Balaban J connectivity index is 1.76. The zero-order valence-corrected chi connectivity index (χ0v) is 16.7. The molecular weight excluding hydrogens is 363 g/mol. The van der Waals surface area contributed by atoms with Crippen LogP contribution in [-0.4, -0.2) is 41.8 Å². The van der Waals surface area contributed by atoms with Crippen molar-refractivity contribution in [3.63, 3.8) is 0 Å². The second-order valence-corrected chi connectivity index (χ2v) is 7.46. The van der Waals surface area contributed by atoms with E-state index in [0.717, 1.165) is 51.3 Å². The fourth-order valence-electron chi connectivity index (χ4n) is 3.56. The van der Waals surface area contributed by atoms with Gasteiger partial charge in [-0.05, 0) is 43.9 Å². The molecule has 0 spiro atoms. The van der Waals surface area contributed by atoms with Gasteiger partial charge in [-0.2, -0.15) is 0 Å². The summed E-state index contributed by atoms with van der Waals surface area (Å²) in [4.78, 5) is 4.11. The number of piperidine rings is 1. The SMILES string of the molecule is CC/C=C/C=C1\NCCN1Cc1c(F)cc(C(=N)N2CCCCC2)cc1Cl. The van der Waals surface area contributed by atoms with Crippen molar-refractivity contribution in [3.05, 3.63) is 58.1 Å². The maximum atomic E-state index is 14.8. The van der Waals surface area contributed by atoms with Crippen LogP contribution in [0.4, 0.5) is 4.39 Å². The first-order chi connectivity index (χ1) is 13.1. The van der Waals surface area contributed by atoms with Gasteiger partial charge >= 0.3 is 0 Å². The van der Waals surface area contributed by atoms with Gasteiger partial charge in [0.1, 0.15) is 17.5 Å². The van der Waals surface area contributed by atoms with Gasteiger partial charge in [0.25, 0.3) is 0 Å². The predicted molar refractivity (Wildman–Crippen MR) is 110 cm³/mol. The van der Waals surface area contributed by atoms with Gasteiger partial charge in [0.05, 0.1) is 0 Å². The number of hydrogen-bond donors (Lipinski definition) is 2. The molecule has 0 radical (unpaired) electrons. The van der Waals surface area contributed by atoms with Crippen molar-refractivity contribution in [2.75, 3.05) is 26.2 Å². The molecule has 0 atom stereocenters. The summed E-state index contributed by atoms with van der Waals surface area (Å²) in [6, 6.07) is 3.20. The molecule has 2 aliphatic heterocycles. The number of rotatable bonds is 5. The monoisotopic (exact) mass is 390 g/mol. The number of amidine groups is 1. The highest BCUT2D eigenvalue weighted by Gasteiger charge is 2.22. The molecule has 4 nitrogen and oxygen atoms in total. The van der Waals surface area contributed by atoms with E-state index in [4.69, 9.17) is 17.0 Å². The largest absolute Gasteiger partial charge is 0.370 e. The zero-order valence-electron chi connectivity index (χ0n) is 15.9. The summed E-state index contributed by atoms with van der Waals surface area (Å²) in [5.74, 6) is 1.02. The minimum Gasteiger partial charge on any atom is -0.370 e. The van der Waals surface area contributed by atoms with E-state index in [9.17, 15) is 4.39 Å². The second kappa shape index (κ2) is 9.27. The highest BCUT2D eigenvalue weighted by Crippen LogP contribution is 2.26. The Morgan fingerprint density at radius 2 is 2.04 bits per heavy atom. The van der Waals surface area contributed by atoms with E-state index in [1.54, 1.807) is 6.07 Å². The summed E-state index contributed by atoms with van der Waals surface area (Å²) >= 11 is 6.43. The molecular formula is C21H28ClFN4. The Morgan fingerprint density at radius 3 is 2.74 bits per heavy atom. The quantitative estimate of drug-likeness (QED) is 0.574. The number of nitrogens with zero attached hydrogens (tertiary/aromatic N) is 2. The van der Waals surface area contributed by atoms with Crippen molar-refractivity contribution < 1.29 is 4.39 Å². The molecule has 2 fully saturated rings. The van der Waals surface area contributed by atoms with Crippen LogP contribution in [0.3, 0.4) is 0 Å². The second-order valence-electron chi connectivity index (χ2n) is 7.05. The number of nitrogens with one attached hydrogen (secondary N) is 2. The van der Waals surface area contributed by atoms with E-state index in [1.807, 2.05) is 17.1 Å². The molecule has 0 aromatic heterocycles. The van der Waals surface area contributed by atoms with Crippen molar-refractivity contribution in [3.8, 4) is 0 Å². The maximum Gasteiger partial charge on any atom is 0.130 e. The Bertz CT molecular complexity index is 715. The van der Waals surface area contributed by atoms with Gasteiger partial charge in [-0.15, -0.1) is 0 Å². The molecule has 146 valence electrons. The van der Waals surface area contributed by atoms with Crippen molar-refractivity contribution in [1.82, 2.24) is 15.1 Å². The van der Waals surface area contributed by atoms with Crippen LogP contribution in [0.15, 0.2) is 36.2 Å². The van der Waals surface area contributed by atoms with Gasteiger partial charge in [0.2, 0.25) is 0 Å². The first-order valence-corrected chi connectivity index (χ1v) is 10.2. The lowest BCUT2D eigenvalue weighted by molar-refractivity contribution is 0.341. The van der Waals surface area contributed by atoms with Gasteiger partial charge in [-0.3, -0.25) is 5.41 Å². The number of hydrogen-bond acceptors (Lipinski definition) is 3. The molecule has 3 rings (SSSR count). The van der Waals surface area contributed by atoms with Gasteiger partial charge < -0.3 is 15.1 Å². The van der Waals surface area contributed by atoms with E-state index in [-0.39, 0.29) is 5.82 Å². The molecule has 0 saturated carbocycles. The minimum absolute atomic E-state index is 0.338. The summed E-state index contributed by atoms with van der Waals surface area (Å²) in [6.07, 6.45) is 10.5. The van der Waals surface area contributed by atoms with Crippen LogP contribution in [0.5, 0.6) is 0 Å². The van der Waals surface area contributed by atoms with Crippen LogP contribution in [0.2, 0.25) is 5.02 Å². The summed E-state index contributed by atoms with van der Waals surface area (Å²) in [7, 11) is 0. The third-order valence-corrected chi connectivity index (χ3v) is 5.43. The standard InChI is InChI=1S/C21H28ClFN4/c1-2-3-5-8-20-25-9-12-27(20)15-17-18(22)13-16(14-19(17)23)21(24)26-10-6-4-7-11-26/h3,5,8,13-14,24-25H,2,4,6-7,9-12,15H2,1H3/b5-3+,20-8+,24-21?. The molecule has 2 aliphatic rings. The molecule has 0 amide bonds. The van der Waals surface area contributed by atoms with E-state index < -0.39 is 0 Å². The summed E-state index contributed by atoms with van der Waals surface area (Å²) < 4.78 is 14.8. The topological polar surface area (TPSA) is 42.4 Å². The smallest absolute Gasteiger partial charge is 0.130 e. The molecule has 2 saturated heterocycles. The lowest BCUT2D eigenvalue weighted by Gasteiger charge is -2.29. The Labute approximate surface area is 166 Å². The van der Waals surface area contributed by atoms with Crippen LogP contribution < -0.4 is 5.32 Å². The number of benzene rings is 1. The zero-order chi connectivity index (χ0) is 19.2. The Kier molecular flexibility index (Phi) is 6.78. The van der Waals surface area contributed by atoms with Crippen molar-refractivity contribution in [2.45, 2.75) is 39.2 Å². The van der Waals surface area contributed by atoms with Crippen LogP contribution in [0, 0.1) is 11.2 Å². The molecule has 0 bridgehead atoms. The number of allylic oxidation sites excluding steroid dienone is 3. The van der Waals surface area contributed by atoms with Gasteiger partial charge in [0.15, 0.2) is 0 Å². The van der Waals surface area contributed by atoms with Gasteiger partial charge in [-0.1, -0.05) is 30.7 Å². The molecule has 0 unspecified atom stereocenters. The average Bonchev–Trinajstić information content (AvgIpc) is 3.12. The summed E-state index contributed by atoms with van der Waals surface area (Å²) in [6.45, 7) is 5.88. The number of halogens is 2. The van der Waals surface area contributed by atoms with Gasteiger partial charge in [0, 0.05) is 48.9 Å². The van der Waals surface area contributed by atoms with Crippen LogP contribution >= 0.6 is 11.6 Å². The first kappa shape index (κ1) is 19.7. The van der Waals surface area contributed by atoms with Gasteiger partial charge in [-0.25, -0.2) is 4.39 Å². The molecule has 2 heterocycles. The van der Waals surface area contributed by atoms with Crippen molar-refractivity contribution >= 4 is 17.4 Å². The molecule has 27 heavy (non-hydrogen) atoms. The molecule has 0 aliphatic carbocycles. The lowest BCUT2D eigenvalue weighted by atomic mass is 10.1. The van der Waals surface area contributed by atoms with E-state index >= 15 is 0 Å². The lowest BCUT2D eigenvalue weighted by Crippen LogP contribution is -2.35. The Morgan fingerprint density at radius 1 is 1.26 bits per heavy atom. The molecule has 1 aromatic carbocycles. The molecule has 1 aromatic rings. The van der Waals surface area contributed by atoms with Crippen molar-refractivity contribution in [1.29, 1.82) is 5.41 Å². The van der Waals surface area contributed by atoms with E-state index in [0.29, 0.717) is 28.5 Å². The highest BCUT2D eigenvalue weighted by atomic mass is 35.5. The first-order valence-electron chi connectivity index (χ1n) is 9.77.